The van der Waals surface area contributed by atoms with Gasteiger partial charge in [0.2, 0.25) is 5.88 Å². The standard InChI is InChI=1S/C16H12BrClN2O3/c17-10-1-4-12(5-2-10)23-8-7-20-14-6-3-11(18)9-13(14)15(19-22)16(20)21/h1-6,9,21H,7-8H2. The summed E-state index contributed by atoms with van der Waals surface area (Å²) in [5.41, 5.74) is 0.673. The maximum atomic E-state index is 11.0. The highest BCUT2D eigenvalue weighted by Gasteiger charge is 2.17. The van der Waals surface area contributed by atoms with Gasteiger partial charge in [-0.3, -0.25) is 0 Å². The SMILES string of the molecule is O=Nc1c(O)n(CCOc2ccc(Br)cc2)c2ccc(Cl)cc12. The minimum absolute atomic E-state index is 0.00820. The second kappa shape index (κ2) is 6.60. The summed E-state index contributed by atoms with van der Waals surface area (Å²) < 4.78 is 8.20. The third-order valence-corrected chi connectivity index (χ3v) is 4.22. The van der Waals surface area contributed by atoms with Gasteiger partial charge in [-0.25, -0.2) is 0 Å². The molecule has 0 saturated carbocycles. The second-order valence-electron chi connectivity index (χ2n) is 4.88. The van der Waals surface area contributed by atoms with Gasteiger partial charge < -0.3 is 14.4 Å². The van der Waals surface area contributed by atoms with Crippen molar-refractivity contribution in [1.82, 2.24) is 4.57 Å². The van der Waals surface area contributed by atoms with Gasteiger partial charge in [-0.15, -0.1) is 4.91 Å². The number of hydrogen-bond acceptors (Lipinski definition) is 4. The lowest BCUT2D eigenvalue weighted by Gasteiger charge is -2.09. The average molecular weight is 396 g/mol. The van der Waals surface area contributed by atoms with E-state index in [1.165, 1.54) is 0 Å². The van der Waals surface area contributed by atoms with Gasteiger partial charge in [0.25, 0.3) is 0 Å². The quantitative estimate of drug-likeness (QED) is 0.601. The van der Waals surface area contributed by atoms with Crippen LogP contribution in [0.3, 0.4) is 0 Å². The number of nitroso groups, excluding NO2 is 1. The Labute approximate surface area is 145 Å². The summed E-state index contributed by atoms with van der Waals surface area (Å²) in [4.78, 5) is 11.0. The van der Waals surface area contributed by atoms with Crippen molar-refractivity contribution in [3.05, 3.63) is 56.9 Å². The van der Waals surface area contributed by atoms with E-state index in [1.807, 2.05) is 24.3 Å². The van der Waals surface area contributed by atoms with E-state index >= 15 is 0 Å². The molecule has 0 radical (unpaired) electrons. The number of hydrogen-bond donors (Lipinski definition) is 1. The molecule has 0 fully saturated rings. The average Bonchev–Trinajstić information content (AvgIpc) is 2.80. The molecule has 5 nitrogen and oxygen atoms in total. The first-order valence-corrected chi connectivity index (χ1v) is 7.99. The summed E-state index contributed by atoms with van der Waals surface area (Å²) >= 11 is 9.30. The van der Waals surface area contributed by atoms with Gasteiger partial charge in [-0.1, -0.05) is 27.5 Å². The Morgan fingerprint density at radius 3 is 2.65 bits per heavy atom. The molecule has 3 rings (SSSR count). The highest BCUT2D eigenvalue weighted by atomic mass is 79.9. The molecule has 0 aliphatic heterocycles. The number of fused-ring (bicyclic) bond motifs is 1. The smallest absolute Gasteiger partial charge is 0.222 e. The molecule has 1 aromatic heterocycles. The lowest BCUT2D eigenvalue weighted by Crippen LogP contribution is -2.07. The van der Waals surface area contributed by atoms with Crippen molar-refractivity contribution in [3.63, 3.8) is 0 Å². The summed E-state index contributed by atoms with van der Waals surface area (Å²) in [5.74, 6) is 0.539. The Morgan fingerprint density at radius 1 is 1.22 bits per heavy atom. The predicted octanol–water partition coefficient (Wildman–Crippen LogP) is 5.24. The van der Waals surface area contributed by atoms with Crippen LogP contribution in [0.4, 0.5) is 5.69 Å². The van der Waals surface area contributed by atoms with Crippen molar-refractivity contribution in [3.8, 4) is 11.6 Å². The fraction of sp³-hybridized carbons (Fsp3) is 0.125. The van der Waals surface area contributed by atoms with Crippen LogP contribution in [-0.2, 0) is 6.54 Å². The number of benzene rings is 2. The van der Waals surface area contributed by atoms with E-state index in [0.29, 0.717) is 29.1 Å². The summed E-state index contributed by atoms with van der Waals surface area (Å²) in [5, 5.41) is 14.1. The molecule has 0 saturated heterocycles. The maximum absolute atomic E-state index is 11.0. The summed E-state index contributed by atoms with van der Waals surface area (Å²) in [7, 11) is 0. The molecule has 7 heteroatoms. The first kappa shape index (κ1) is 15.8. The van der Waals surface area contributed by atoms with Crippen molar-refractivity contribution >= 4 is 44.1 Å². The molecule has 0 spiro atoms. The van der Waals surface area contributed by atoms with E-state index in [0.717, 1.165) is 10.2 Å². The van der Waals surface area contributed by atoms with E-state index in [4.69, 9.17) is 16.3 Å². The zero-order valence-electron chi connectivity index (χ0n) is 11.9. The van der Waals surface area contributed by atoms with Gasteiger partial charge >= 0.3 is 0 Å². The van der Waals surface area contributed by atoms with Gasteiger partial charge in [0.15, 0.2) is 5.69 Å². The molecule has 0 amide bonds. The van der Waals surface area contributed by atoms with Crippen LogP contribution in [0.25, 0.3) is 10.9 Å². The third-order valence-electron chi connectivity index (χ3n) is 3.46. The Morgan fingerprint density at radius 2 is 1.96 bits per heavy atom. The van der Waals surface area contributed by atoms with Crippen molar-refractivity contribution < 1.29 is 9.84 Å². The molecule has 23 heavy (non-hydrogen) atoms. The molecule has 0 aliphatic carbocycles. The van der Waals surface area contributed by atoms with E-state index < -0.39 is 0 Å². The van der Waals surface area contributed by atoms with Crippen LogP contribution in [-0.4, -0.2) is 16.3 Å². The van der Waals surface area contributed by atoms with Crippen LogP contribution in [0, 0.1) is 4.91 Å². The van der Waals surface area contributed by atoms with Crippen molar-refractivity contribution in [2.75, 3.05) is 6.61 Å². The Bertz CT molecular complexity index is 862. The van der Waals surface area contributed by atoms with Gasteiger partial charge in [0.05, 0.1) is 12.1 Å². The molecule has 0 atom stereocenters. The van der Waals surface area contributed by atoms with E-state index in [2.05, 4.69) is 21.1 Å². The summed E-state index contributed by atoms with van der Waals surface area (Å²) in [6.07, 6.45) is 0. The van der Waals surface area contributed by atoms with Crippen LogP contribution in [0.2, 0.25) is 5.02 Å². The fourth-order valence-corrected chi connectivity index (χ4v) is 2.83. The van der Waals surface area contributed by atoms with Gasteiger partial charge in [-0.05, 0) is 47.6 Å². The van der Waals surface area contributed by atoms with E-state index in [9.17, 15) is 10.0 Å². The first-order chi connectivity index (χ1) is 11.1. The largest absolute Gasteiger partial charge is 0.493 e. The minimum Gasteiger partial charge on any atom is -0.493 e. The van der Waals surface area contributed by atoms with Crippen molar-refractivity contribution in [2.45, 2.75) is 6.54 Å². The molecule has 2 aromatic carbocycles. The van der Waals surface area contributed by atoms with Crippen molar-refractivity contribution in [2.24, 2.45) is 5.18 Å². The molecule has 1 N–H and O–H groups in total. The normalized spacial score (nSPS) is 10.9. The molecule has 0 bridgehead atoms. The molecular formula is C16H12BrClN2O3. The second-order valence-corrected chi connectivity index (χ2v) is 6.23. The minimum atomic E-state index is -0.184. The van der Waals surface area contributed by atoms with Gasteiger partial charge in [0, 0.05) is 14.9 Å². The van der Waals surface area contributed by atoms with Crippen LogP contribution < -0.4 is 4.74 Å². The maximum Gasteiger partial charge on any atom is 0.222 e. The monoisotopic (exact) mass is 394 g/mol. The number of ether oxygens (including phenoxy) is 1. The fourth-order valence-electron chi connectivity index (χ4n) is 2.40. The zero-order valence-corrected chi connectivity index (χ0v) is 14.2. The number of nitrogens with zero attached hydrogens (tertiary/aromatic N) is 2. The number of rotatable bonds is 5. The molecule has 118 valence electrons. The topological polar surface area (TPSA) is 63.8 Å². The van der Waals surface area contributed by atoms with Crippen molar-refractivity contribution in [1.29, 1.82) is 0 Å². The molecular weight excluding hydrogens is 384 g/mol. The highest BCUT2D eigenvalue weighted by molar-refractivity contribution is 9.10. The van der Waals surface area contributed by atoms with Crippen LogP contribution in [0.1, 0.15) is 0 Å². The van der Waals surface area contributed by atoms with Crippen LogP contribution >= 0.6 is 27.5 Å². The Kier molecular flexibility index (Phi) is 4.54. The molecule has 0 aliphatic rings. The number of aromatic nitrogens is 1. The Hall–Kier alpha value is -2.05. The lowest BCUT2D eigenvalue weighted by atomic mass is 10.2. The zero-order chi connectivity index (χ0) is 16.4. The first-order valence-electron chi connectivity index (χ1n) is 6.82. The van der Waals surface area contributed by atoms with Gasteiger partial charge in [-0.2, -0.15) is 0 Å². The molecule has 3 aromatic rings. The lowest BCUT2D eigenvalue weighted by molar-refractivity contribution is 0.290. The van der Waals surface area contributed by atoms with Gasteiger partial charge in [0.1, 0.15) is 12.4 Å². The van der Waals surface area contributed by atoms with Crippen LogP contribution in [0.15, 0.2) is 52.1 Å². The summed E-state index contributed by atoms with van der Waals surface area (Å²) in [6.45, 7) is 0.704. The molecule has 1 heterocycles. The van der Waals surface area contributed by atoms with E-state index in [1.54, 1.807) is 22.8 Å². The predicted molar refractivity (Wildman–Crippen MR) is 93.7 cm³/mol. The number of halogens is 2. The highest BCUT2D eigenvalue weighted by Crippen LogP contribution is 2.39. The number of aromatic hydroxyl groups is 1. The third kappa shape index (κ3) is 3.18. The molecule has 0 unspecified atom stereocenters. The summed E-state index contributed by atoms with van der Waals surface area (Å²) in [6, 6.07) is 12.5. The van der Waals surface area contributed by atoms with E-state index in [-0.39, 0.29) is 11.6 Å². The Balaban J connectivity index is 1.83. The van der Waals surface area contributed by atoms with Crippen LogP contribution in [0.5, 0.6) is 11.6 Å².